The van der Waals surface area contributed by atoms with Crippen LogP contribution in [0, 0.1) is 6.92 Å². The fourth-order valence-corrected chi connectivity index (χ4v) is 3.40. The highest BCUT2D eigenvalue weighted by molar-refractivity contribution is 5.45. The molecule has 114 valence electrons. The lowest BCUT2D eigenvalue weighted by atomic mass is 9.82. The maximum absolute atomic E-state index is 6.31. The zero-order valence-electron chi connectivity index (χ0n) is 13.3. The summed E-state index contributed by atoms with van der Waals surface area (Å²) in [7, 11) is 0. The molecule has 0 aliphatic carbocycles. The Morgan fingerprint density at radius 2 is 1.43 bits per heavy atom. The van der Waals surface area contributed by atoms with Crippen molar-refractivity contribution in [3.05, 3.63) is 101 Å². The van der Waals surface area contributed by atoms with Crippen LogP contribution in [0.5, 0.6) is 5.75 Å². The number of hydrogen-bond acceptors (Lipinski definition) is 1. The first-order valence-corrected chi connectivity index (χ1v) is 8.18. The molecule has 1 heteroatoms. The third-order valence-corrected chi connectivity index (χ3v) is 4.66. The average molecular weight is 300 g/mol. The molecule has 0 unspecified atom stereocenters. The van der Waals surface area contributed by atoms with Gasteiger partial charge in [-0.25, -0.2) is 0 Å². The smallest absolute Gasteiger partial charge is 0.125 e. The van der Waals surface area contributed by atoms with Crippen LogP contribution < -0.4 is 4.74 Å². The number of para-hydroxylation sites is 1. The van der Waals surface area contributed by atoms with Crippen molar-refractivity contribution in [3.8, 4) is 5.75 Å². The van der Waals surface area contributed by atoms with Crippen molar-refractivity contribution in [2.45, 2.75) is 25.4 Å². The van der Waals surface area contributed by atoms with Gasteiger partial charge in [0.25, 0.3) is 0 Å². The highest BCUT2D eigenvalue weighted by Gasteiger charge is 2.29. The van der Waals surface area contributed by atoms with E-state index in [2.05, 4.69) is 85.8 Å². The van der Waals surface area contributed by atoms with Gasteiger partial charge in [-0.1, -0.05) is 78.4 Å². The minimum Gasteiger partial charge on any atom is -0.485 e. The minimum absolute atomic E-state index is 0.107. The molecular weight excluding hydrogens is 280 g/mol. The van der Waals surface area contributed by atoms with E-state index in [1.165, 1.54) is 22.3 Å². The molecule has 0 N–H and O–H groups in total. The van der Waals surface area contributed by atoms with Gasteiger partial charge in [0, 0.05) is 11.5 Å². The fraction of sp³-hybridized carbons (Fsp3) is 0.182. The van der Waals surface area contributed by atoms with E-state index in [-0.39, 0.29) is 6.10 Å². The number of ether oxygens (including phenoxy) is 1. The molecule has 0 aromatic heterocycles. The quantitative estimate of drug-likeness (QED) is 0.594. The number of hydrogen-bond donors (Lipinski definition) is 0. The van der Waals surface area contributed by atoms with Gasteiger partial charge in [-0.2, -0.15) is 0 Å². The van der Waals surface area contributed by atoms with E-state index in [0.29, 0.717) is 5.92 Å². The van der Waals surface area contributed by atoms with Crippen LogP contribution >= 0.6 is 0 Å². The van der Waals surface area contributed by atoms with Crippen molar-refractivity contribution < 1.29 is 4.74 Å². The van der Waals surface area contributed by atoms with Crippen LogP contribution in [-0.4, -0.2) is 0 Å². The third kappa shape index (κ3) is 2.75. The molecule has 3 aromatic carbocycles. The first-order valence-electron chi connectivity index (χ1n) is 8.18. The molecule has 0 amide bonds. The van der Waals surface area contributed by atoms with E-state index >= 15 is 0 Å². The summed E-state index contributed by atoms with van der Waals surface area (Å²) >= 11 is 0. The predicted molar refractivity (Wildman–Crippen MR) is 93.9 cm³/mol. The van der Waals surface area contributed by atoms with Crippen LogP contribution in [0.2, 0.25) is 0 Å². The standard InChI is InChI=1S/C22H20O/c1-16-11-13-18(14-12-16)22-15-20(17-7-3-2-4-8-17)19-9-5-6-10-21(19)23-22/h2-14,20,22H,15H2,1H3/t20-,22-/m1/s1. The summed E-state index contributed by atoms with van der Waals surface area (Å²) in [6.07, 6.45) is 1.08. The van der Waals surface area contributed by atoms with Crippen molar-refractivity contribution in [3.63, 3.8) is 0 Å². The Balaban J connectivity index is 1.75. The first-order chi connectivity index (χ1) is 11.3. The van der Waals surface area contributed by atoms with Gasteiger partial charge in [-0.3, -0.25) is 0 Å². The Labute approximate surface area is 137 Å². The summed E-state index contributed by atoms with van der Waals surface area (Å²) < 4.78 is 6.31. The molecule has 0 bridgehead atoms. The molecule has 0 fully saturated rings. The zero-order valence-corrected chi connectivity index (χ0v) is 13.3. The molecule has 1 aliphatic rings. The average Bonchev–Trinajstić information content (AvgIpc) is 2.62. The van der Waals surface area contributed by atoms with E-state index in [1.54, 1.807) is 0 Å². The number of fused-ring (bicyclic) bond motifs is 1. The Morgan fingerprint density at radius 1 is 0.739 bits per heavy atom. The van der Waals surface area contributed by atoms with Gasteiger partial charge >= 0.3 is 0 Å². The van der Waals surface area contributed by atoms with Crippen LogP contribution in [0.25, 0.3) is 0 Å². The minimum atomic E-state index is 0.107. The molecule has 1 aliphatic heterocycles. The summed E-state index contributed by atoms with van der Waals surface area (Å²) in [5, 5.41) is 0. The van der Waals surface area contributed by atoms with Crippen LogP contribution in [0.15, 0.2) is 78.9 Å². The van der Waals surface area contributed by atoms with Gasteiger partial charge in [0.2, 0.25) is 0 Å². The van der Waals surface area contributed by atoms with E-state index in [9.17, 15) is 0 Å². The highest BCUT2D eigenvalue weighted by atomic mass is 16.5. The van der Waals surface area contributed by atoms with Crippen molar-refractivity contribution in [2.24, 2.45) is 0 Å². The van der Waals surface area contributed by atoms with E-state index < -0.39 is 0 Å². The zero-order chi connectivity index (χ0) is 15.6. The summed E-state index contributed by atoms with van der Waals surface area (Å²) in [4.78, 5) is 0. The van der Waals surface area contributed by atoms with Crippen molar-refractivity contribution in [2.75, 3.05) is 0 Å². The van der Waals surface area contributed by atoms with Crippen LogP contribution in [0.4, 0.5) is 0 Å². The van der Waals surface area contributed by atoms with Crippen LogP contribution in [0.1, 0.15) is 40.7 Å². The maximum Gasteiger partial charge on any atom is 0.125 e. The van der Waals surface area contributed by atoms with Gasteiger partial charge in [-0.05, 0) is 30.5 Å². The molecule has 23 heavy (non-hydrogen) atoms. The monoisotopic (exact) mass is 300 g/mol. The second kappa shape index (κ2) is 5.92. The number of rotatable bonds is 2. The molecule has 4 rings (SSSR count). The lowest BCUT2D eigenvalue weighted by Crippen LogP contribution is -2.19. The van der Waals surface area contributed by atoms with Crippen LogP contribution in [0.3, 0.4) is 0 Å². The van der Waals surface area contributed by atoms with Crippen LogP contribution in [-0.2, 0) is 0 Å². The Hall–Kier alpha value is -2.54. The molecule has 0 spiro atoms. The largest absolute Gasteiger partial charge is 0.485 e. The van der Waals surface area contributed by atoms with Gasteiger partial charge in [0.05, 0.1) is 0 Å². The molecule has 0 saturated heterocycles. The molecular formula is C22H20O. The Morgan fingerprint density at radius 3 is 2.22 bits per heavy atom. The van der Waals surface area contributed by atoms with Crippen molar-refractivity contribution in [1.82, 2.24) is 0 Å². The third-order valence-electron chi connectivity index (χ3n) is 4.66. The van der Waals surface area contributed by atoms with Gasteiger partial charge in [-0.15, -0.1) is 0 Å². The van der Waals surface area contributed by atoms with E-state index in [0.717, 1.165) is 12.2 Å². The molecule has 0 saturated carbocycles. The fourth-order valence-electron chi connectivity index (χ4n) is 3.40. The van der Waals surface area contributed by atoms with E-state index in [4.69, 9.17) is 4.74 Å². The number of benzene rings is 3. The topological polar surface area (TPSA) is 9.23 Å². The summed E-state index contributed by atoms with van der Waals surface area (Å²) in [5.74, 6) is 1.39. The van der Waals surface area contributed by atoms with Gasteiger partial charge in [0.15, 0.2) is 0 Å². The SMILES string of the molecule is Cc1ccc([C@H]2C[C@H](c3ccccc3)c3ccccc3O2)cc1. The van der Waals surface area contributed by atoms with E-state index in [1.807, 2.05) is 0 Å². The number of aryl methyl sites for hydroxylation is 1. The normalized spacial score (nSPS) is 19.7. The van der Waals surface area contributed by atoms with Crippen molar-refractivity contribution in [1.29, 1.82) is 0 Å². The molecule has 1 nitrogen and oxygen atoms in total. The molecule has 3 aromatic rings. The lowest BCUT2D eigenvalue weighted by molar-refractivity contribution is 0.167. The van der Waals surface area contributed by atoms with Gasteiger partial charge in [0.1, 0.15) is 11.9 Å². The molecule has 0 radical (unpaired) electrons. The van der Waals surface area contributed by atoms with Crippen molar-refractivity contribution >= 4 is 0 Å². The van der Waals surface area contributed by atoms with Gasteiger partial charge < -0.3 is 4.74 Å². The second-order valence-corrected chi connectivity index (χ2v) is 6.25. The molecule has 2 atom stereocenters. The highest BCUT2D eigenvalue weighted by Crippen LogP contribution is 2.44. The first kappa shape index (κ1) is 14.1. The summed E-state index contributed by atoms with van der Waals surface area (Å²) in [5.41, 5.74) is 5.19. The molecule has 1 heterocycles. The summed E-state index contributed by atoms with van der Waals surface area (Å²) in [6, 6.07) is 27.9. The summed E-state index contributed by atoms with van der Waals surface area (Å²) in [6.45, 7) is 2.12. The Bertz CT molecular complexity index is 790. The Kier molecular flexibility index (Phi) is 3.63. The maximum atomic E-state index is 6.31. The predicted octanol–water partition coefficient (Wildman–Crippen LogP) is 5.65. The second-order valence-electron chi connectivity index (χ2n) is 6.25. The lowest BCUT2D eigenvalue weighted by Gasteiger charge is -2.33.